The van der Waals surface area contributed by atoms with Crippen LogP contribution in [0.15, 0.2) is 29.1 Å². The van der Waals surface area contributed by atoms with Crippen molar-refractivity contribution in [1.82, 2.24) is 15.3 Å². The van der Waals surface area contributed by atoms with Gasteiger partial charge in [-0.2, -0.15) is 0 Å². The molecule has 88 valence electrons. The summed E-state index contributed by atoms with van der Waals surface area (Å²) >= 11 is 0. The van der Waals surface area contributed by atoms with Gasteiger partial charge in [0, 0.05) is 6.04 Å². The van der Waals surface area contributed by atoms with Crippen LogP contribution in [-0.2, 0) is 0 Å². The van der Waals surface area contributed by atoms with Gasteiger partial charge in [-0.05, 0) is 26.0 Å². The van der Waals surface area contributed by atoms with Crippen LogP contribution >= 0.6 is 0 Å². The number of hydrogen-bond donors (Lipinski definition) is 2. The minimum Gasteiger partial charge on any atom is -0.347 e. The maximum Gasteiger partial charge on any atom is 0.287 e. The highest BCUT2D eigenvalue weighted by Gasteiger charge is 2.11. The lowest BCUT2D eigenvalue weighted by molar-refractivity contribution is 0.0932. The van der Waals surface area contributed by atoms with Crippen molar-refractivity contribution in [3.05, 3.63) is 40.4 Å². The number of nitrogens with one attached hydrogen (secondary N) is 2. The average molecular weight is 231 g/mol. The summed E-state index contributed by atoms with van der Waals surface area (Å²) in [6.07, 6.45) is 0. The van der Waals surface area contributed by atoms with E-state index in [1.54, 1.807) is 24.3 Å². The minimum atomic E-state index is -0.372. The van der Waals surface area contributed by atoms with Gasteiger partial charge < -0.3 is 10.3 Å². The van der Waals surface area contributed by atoms with Crippen molar-refractivity contribution in [3.8, 4) is 0 Å². The van der Waals surface area contributed by atoms with E-state index in [0.717, 1.165) is 0 Å². The smallest absolute Gasteiger partial charge is 0.287 e. The van der Waals surface area contributed by atoms with Gasteiger partial charge in [0.2, 0.25) is 0 Å². The van der Waals surface area contributed by atoms with E-state index in [1.165, 1.54) is 0 Å². The first-order chi connectivity index (χ1) is 8.08. The van der Waals surface area contributed by atoms with Crippen molar-refractivity contribution in [1.29, 1.82) is 0 Å². The largest absolute Gasteiger partial charge is 0.347 e. The van der Waals surface area contributed by atoms with Gasteiger partial charge in [-0.25, -0.2) is 4.98 Å². The van der Waals surface area contributed by atoms with Crippen LogP contribution in [0.2, 0.25) is 0 Å². The second-order valence-electron chi connectivity index (χ2n) is 4.06. The van der Waals surface area contributed by atoms with Crippen molar-refractivity contribution in [2.45, 2.75) is 19.9 Å². The van der Waals surface area contributed by atoms with Gasteiger partial charge in [-0.1, -0.05) is 12.1 Å². The number of H-pyrrole nitrogens is 1. The zero-order valence-electron chi connectivity index (χ0n) is 9.65. The molecule has 0 saturated carbocycles. The Balaban J connectivity index is 2.50. The molecular weight excluding hydrogens is 218 g/mol. The SMILES string of the molecule is CC(C)NC(=O)c1nc2ccccc2c(=O)[nH]1. The van der Waals surface area contributed by atoms with E-state index in [1.807, 2.05) is 13.8 Å². The van der Waals surface area contributed by atoms with Gasteiger partial charge in [0.1, 0.15) is 0 Å². The molecule has 1 amide bonds. The molecule has 0 aliphatic heterocycles. The second kappa shape index (κ2) is 4.37. The molecule has 0 atom stereocenters. The minimum absolute atomic E-state index is 0.000674. The van der Waals surface area contributed by atoms with E-state index in [9.17, 15) is 9.59 Å². The standard InChI is InChI=1S/C12H13N3O2/c1-7(2)13-12(17)10-14-9-6-4-3-5-8(9)11(16)15-10/h3-7H,1-2H3,(H,13,17)(H,14,15,16). The number of rotatable bonds is 2. The van der Waals surface area contributed by atoms with Crippen molar-refractivity contribution < 1.29 is 4.79 Å². The number of nitrogens with zero attached hydrogens (tertiary/aromatic N) is 1. The third-order valence-corrected chi connectivity index (χ3v) is 2.25. The predicted octanol–water partition coefficient (Wildman–Crippen LogP) is 1.06. The number of benzene rings is 1. The van der Waals surface area contributed by atoms with Crippen molar-refractivity contribution in [2.75, 3.05) is 0 Å². The van der Waals surface area contributed by atoms with Crippen molar-refractivity contribution in [3.63, 3.8) is 0 Å². The van der Waals surface area contributed by atoms with Crippen LogP contribution in [0.4, 0.5) is 0 Å². The van der Waals surface area contributed by atoms with Crippen LogP contribution < -0.4 is 10.9 Å². The molecular formula is C12H13N3O2. The molecule has 5 heteroatoms. The van der Waals surface area contributed by atoms with Gasteiger partial charge >= 0.3 is 0 Å². The van der Waals surface area contributed by atoms with Gasteiger partial charge in [-0.3, -0.25) is 9.59 Å². The summed E-state index contributed by atoms with van der Waals surface area (Å²) in [5.41, 5.74) is 0.217. The molecule has 2 aromatic rings. The van der Waals surface area contributed by atoms with Gasteiger partial charge in [0.15, 0.2) is 5.82 Å². The van der Waals surface area contributed by atoms with E-state index in [-0.39, 0.29) is 23.3 Å². The van der Waals surface area contributed by atoms with Crippen LogP contribution in [0.25, 0.3) is 10.9 Å². The topological polar surface area (TPSA) is 74.8 Å². The van der Waals surface area contributed by atoms with Crippen LogP contribution in [0.3, 0.4) is 0 Å². The number of aromatic amines is 1. The van der Waals surface area contributed by atoms with E-state index in [2.05, 4.69) is 15.3 Å². The van der Waals surface area contributed by atoms with Crippen LogP contribution in [-0.4, -0.2) is 21.9 Å². The highest BCUT2D eigenvalue weighted by atomic mass is 16.2. The third kappa shape index (κ3) is 2.33. The Morgan fingerprint density at radius 1 is 1.35 bits per heavy atom. The predicted molar refractivity (Wildman–Crippen MR) is 65.0 cm³/mol. The molecule has 1 heterocycles. The maximum atomic E-state index is 11.7. The molecule has 2 N–H and O–H groups in total. The molecule has 0 spiro atoms. The number of aromatic nitrogens is 2. The summed E-state index contributed by atoms with van der Waals surface area (Å²) < 4.78 is 0. The van der Waals surface area contributed by atoms with E-state index < -0.39 is 0 Å². The van der Waals surface area contributed by atoms with Crippen molar-refractivity contribution >= 4 is 16.8 Å². The Bertz CT molecular complexity index is 616. The van der Waals surface area contributed by atoms with E-state index in [0.29, 0.717) is 10.9 Å². The quantitative estimate of drug-likeness (QED) is 0.811. The summed E-state index contributed by atoms with van der Waals surface area (Å²) in [6, 6.07) is 6.91. The summed E-state index contributed by atoms with van der Waals surface area (Å²) in [6.45, 7) is 3.69. The zero-order valence-corrected chi connectivity index (χ0v) is 9.65. The molecule has 1 aromatic heterocycles. The molecule has 17 heavy (non-hydrogen) atoms. The zero-order chi connectivity index (χ0) is 12.4. The fraction of sp³-hybridized carbons (Fsp3) is 0.250. The monoisotopic (exact) mass is 231 g/mol. The summed E-state index contributed by atoms with van der Waals surface area (Å²) in [7, 11) is 0. The summed E-state index contributed by atoms with van der Waals surface area (Å²) in [5.74, 6) is -0.328. The highest BCUT2D eigenvalue weighted by molar-refractivity contribution is 5.92. The Labute approximate surface area is 97.9 Å². The number of amides is 1. The first kappa shape index (κ1) is 11.3. The molecule has 0 saturated heterocycles. The second-order valence-corrected chi connectivity index (χ2v) is 4.06. The molecule has 1 aromatic carbocycles. The fourth-order valence-corrected chi connectivity index (χ4v) is 1.52. The van der Waals surface area contributed by atoms with Crippen LogP contribution in [0.5, 0.6) is 0 Å². The van der Waals surface area contributed by atoms with Gasteiger partial charge in [0.25, 0.3) is 11.5 Å². The number of fused-ring (bicyclic) bond motifs is 1. The molecule has 0 aliphatic carbocycles. The fourth-order valence-electron chi connectivity index (χ4n) is 1.52. The van der Waals surface area contributed by atoms with Crippen molar-refractivity contribution in [2.24, 2.45) is 0 Å². The van der Waals surface area contributed by atoms with Gasteiger partial charge in [-0.15, -0.1) is 0 Å². The third-order valence-electron chi connectivity index (χ3n) is 2.25. The normalized spacial score (nSPS) is 10.8. The van der Waals surface area contributed by atoms with Crippen LogP contribution in [0.1, 0.15) is 24.5 Å². The lowest BCUT2D eigenvalue weighted by Gasteiger charge is -2.07. The molecule has 2 rings (SSSR count). The Morgan fingerprint density at radius 2 is 2.06 bits per heavy atom. The summed E-state index contributed by atoms with van der Waals surface area (Å²) in [5, 5.41) is 3.16. The molecule has 0 aliphatic rings. The highest BCUT2D eigenvalue weighted by Crippen LogP contribution is 2.05. The molecule has 0 fully saturated rings. The molecule has 0 radical (unpaired) electrons. The Kier molecular flexibility index (Phi) is 2.91. The Morgan fingerprint density at radius 3 is 2.76 bits per heavy atom. The Hall–Kier alpha value is -2.17. The molecule has 5 nitrogen and oxygen atoms in total. The first-order valence-corrected chi connectivity index (χ1v) is 5.38. The number of hydrogen-bond acceptors (Lipinski definition) is 3. The van der Waals surface area contributed by atoms with E-state index >= 15 is 0 Å². The maximum absolute atomic E-state index is 11.7. The number of carbonyl (C=O) groups is 1. The molecule has 0 unspecified atom stereocenters. The van der Waals surface area contributed by atoms with E-state index in [4.69, 9.17) is 0 Å². The summed E-state index contributed by atoms with van der Waals surface area (Å²) in [4.78, 5) is 30.0. The molecule has 0 bridgehead atoms. The van der Waals surface area contributed by atoms with Gasteiger partial charge in [0.05, 0.1) is 10.9 Å². The average Bonchev–Trinajstić information content (AvgIpc) is 2.28. The lowest BCUT2D eigenvalue weighted by atomic mass is 10.2. The lowest BCUT2D eigenvalue weighted by Crippen LogP contribution is -2.32. The number of para-hydroxylation sites is 1. The number of carbonyl (C=O) groups excluding carboxylic acids is 1. The van der Waals surface area contributed by atoms with Crippen LogP contribution in [0, 0.1) is 0 Å². The first-order valence-electron chi connectivity index (χ1n) is 5.38.